The quantitative estimate of drug-likeness (QED) is 0.707. The van der Waals surface area contributed by atoms with Crippen molar-refractivity contribution in [1.82, 2.24) is 19.9 Å². The van der Waals surface area contributed by atoms with Gasteiger partial charge in [-0.15, -0.1) is 11.3 Å². The Morgan fingerprint density at radius 3 is 2.62 bits per heavy atom. The van der Waals surface area contributed by atoms with Crippen LogP contribution in [0.25, 0.3) is 11.5 Å². The minimum absolute atomic E-state index is 0.666. The summed E-state index contributed by atoms with van der Waals surface area (Å²) in [5.41, 5.74) is 2.87. The number of aromatic nitrogens is 4. The third-order valence-electron chi connectivity index (χ3n) is 3.92. The van der Waals surface area contributed by atoms with Gasteiger partial charge in [-0.05, 0) is 32.4 Å². The Morgan fingerprint density at radius 2 is 1.96 bits per heavy atom. The first-order valence-electron chi connectivity index (χ1n) is 7.99. The van der Waals surface area contributed by atoms with Crippen LogP contribution < -0.4 is 4.90 Å². The lowest BCUT2D eigenvalue weighted by Gasteiger charge is -2.21. The maximum Gasteiger partial charge on any atom is 0.180 e. The molecular formula is C18H21N5S. The van der Waals surface area contributed by atoms with Crippen molar-refractivity contribution >= 4 is 17.2 Å². The van der Waals surface area contributed by atoms with Crippen molar-refractivity contribution in [3.8, 4) is 11.5 Å². The molecule has 0 aliphatic heterocycles. The first kappa shape index (κ1) is 16.5. The second-order valence-electron chi connectivity index (χ2n) is 5.73. The van der Waals surface area contributed by atoms with E-state index in [-0.39, 0.29) is 0 Å². The third-order valence-corrected chi connectivity index (χ3v) is 5.04. The lowest BCUT2D eigenvalue weighted by molar-refractivity contribution is 0.886. The van der Waals surface area contributed by atoms with Crippen LogP contribution in [0.5, 0.6) is 0 Å². The number of pyridine rings is 1. The molecule has 0 radical (unpaired) electrons. The first-order valence-corrected chi connectivity index (χ1v) is 8.81. The summed E-state index contributed by atoms with van der Waals surface area (Å²) in [5, 5.41) is 1.17. The fourth-order valence-corrected chi connectivity index (χ4v) is 3.40. The SMILES string of the molecule is CCc1ncc(CN(C)c2nc(-c3ccccn3)nc(C)c2C)s1. The largest absolute Gasteiger partial charge is 0.354 e. The number of rotatable bonds is 5. The molecule has 0 N–H and O–H groups in total. The number of hydrogen-bond donors (Lipinski definition) is 0. The summed E-state index contributed by atoms with van der Waals surface area (Å²) in [4.78, 5) is 21.6. The number of anilines is 1. The molecule has 0 amide bonds. The van der Waals surface area contributed by atoms with Gasteiger partial charge in [-0.1, -0.05) is 13.0 Å². The molecule has 124 valence electrons. The summed E-state index contributed by atoms with van der Waals surface area (Å²) in [6.45, 7) is 7.00. The summed E-state index contributed by atoms with van der Waals surface area (Å²) < 4.78 is 0. The molecule has 3 heterocycles. The highest BCUT2D eigenvalue weighted by molar-refractivity contribution is 7.11. The predicted octanol–water partition coefficient (Wildman–Crippen LogP) is 3.81. The van der Waals surface area contributed by atoms with E-state index in [0.29, 0.717) is 5.82 Å². The molecule has 3 aromatic rings. The minimum atomic E-state index is 0.666. The van der Waals surface area contributed by atoms with Crippen LogP contribution in [0.4, 0.5) is 5.82 Å². The molecule has 24 heavy (non-hydrogen) atoms. The van der Waals surface area contributed by atoms with E-state index in [9.17, 15) is 0 Å². The highest BCUT2D eigenvalue weighted by Gasteiger charge is 2.15. The van der Waals surface area contributed by atoms with Gasteiger partial charge in [-0.3, -0.25) is 4.98 Å². The Balaban J connectivity index is 1.92. The van der Waals surface area contributed by atoms with Gasteiger partial charge in [0.1, 0.15) is 11.5 Å². The molecule has 5 nitrogen and oxygen atoms in total. The third kappa shape index (κ3) is 3.43. The molecule has 0 atom stereocenters. The zero-order chi connectivity index (χ0) is 17.1. The monoisotopic (exact) mass is 339 g/mol. The minimum Gasteiger partial charge on any atom is -0.354 e. The molecule has 3 rings (SSSR count). The first-order chi connectivity index (χ1) is 11.6. The van der Waals surface area contributed by atoms with Crippen molar-refractivity contribution in [3.63, 3.8) is 0 Å². The topological polar surface area (TPSA) is 54.8 Å². The maximum atomic E-state index is 4.76. The summed E-state index contributed by atoms with van der Waals surface area (Å²) >= 11 is 1.76. The van der Waals surface area contributed by atoms with Crippen LogP contribution in [0.1, 0.15) is 28.1 Å². The maximum absolute atomic E-state index is 4.76. The second kappa shape index (κ2) is 7.05. The Hall–Kier alpha value is -2.34. The molecule has 0 saturated heterocycles. The highest BCUT2D eigenvalue weighted by Crippen LogP contribution is 2.25. The van der Waals surface area contributed by atoms with Gasteiger partial charge in [0.2, 0.25) is 0 Å². The van der Waals surface area contributed by atoms with Crippen LogP contribution in [-0.4, -0.2) is 27.0 Å². The smallest absolute Gasteiger partial charge is 0.180 e. The lowest BCUT2D eigenvalue weighted by Crippen LogP contribution is -2.19. The van der Waals surface area contributed by atoms with Crippen LogP contribution >= 0.6 is 11.3 Å². The molecule has 3 aromatic heterocycles. The summed E-state index contributed by atoms with van der Waals surface area (Å²) in [6, 6.07) is 5.78. The van der Waals surface area contributed by atoms with Crippen molar-refractivity contribution in [2.45, 2.75) is 33.7 Å². The van der Waals surface area contributed by atoms with Gasteiger partial charge < -0.3 is 4.90 Å². The number of aryl methyl sites for hydroxylation is 2. The molecule has 0 aromatic carbocycles. The van der Waals surface area contributed by atoms with E-state index in [1.54, 1.807) is 17.5 Å². The number of hydrogen-bond acceptors (Lipinski definition) is 6. The van der Waals surface area contributed by atoms with Crippen LogP contribution in [0.15, 0.2) is 30.6 Å². The predicted molar refractivity (Wildman–Crippen MR) is 98.3 cm³/mol. The molecule has 6 heteroatoms. The van der Waals surface area contributed by atoms with E-state index in [1.165, 1.54) is 9.88 Å². The van der Waals surface area contributed by atoms with Crippen LogP contribution in [0.3, 0.4) is 0 Å². The summed E-state index contributed by atoms with van der Waals surface area (Å²) in [5.74, 6) is 1.61. The fourth-order valence-electron chi connectivity index (χ4n) is 2.49. The van der Waals surface area contributed by atoms with E-state index in [1.807, 2.05) is 31.3 Å². The molecule has 0 fully saturated rings. The molecule has 0 bridgehead atoms. The van der Waals surface area contributed by atoms with Gasteiger partial charge in [0, 0.05) is 35.6 Å². The standard InChI is InChI=1S/C18H21N5S/c1-5-16-20-10-14(24-16)11-23(4)18-12(2)13(3)21-17(22-18)15-8-6-7-9-19-15/h6-10H,5,11H2,1-4H3. The normalized spacial score (nSPS) is 10.8. The Labute approximate surface area is 146 Å². The van der Waals surface area contributed by atoms with Gasteiger partial charge >= 0.3 is 0 Å². The summed E-state index contributed by atoms with van der Waals surface area (Å²) in [7, 11) is 2.06. The Morgan fingerprint density at radius 1 is 1.12 bits per heavy atom. The molecule has 0 unspecified atom stereocenters. The van der Waals surface area contributed by atoms with E-state index in [0.717, 1.165) is 35.7 Å². The highest BCUT2D eigenvalue weighted by atomic mass is 32.1. The van der Waals surface area contributed by atoms with Crippen LogP contribution in [0, 0.1) is 13.8 Å². The van der Waals surface area contributed by atoms with Gasteiger partial charge in [-0.25, -0.2) is 15.0 Å². The Bertz CT molecular complexity index is 829. The average molecular weight is 339 g/mol. The number of thiazole rings is 1. The van der Waals surface area contributed by atoms with E-state index >= 15 is 0 Å². The van der Waals surface area contributed by atoms with Crippen LogP contribution in [0.2, 0.25) is 0 Å². The molecule has 0 aliphatic rings. The van der Waals surface area contributed by atoms with Crippen LogP contribution in [-0.2, 0) is 13.0 Å². The second-order valence-corrected chi connectivity index (χ2v) is 6.93. The average Bonchev–Trinajstić information content (AvgIpc) is 3.05. The van der Waals surface area contributed by atoms with Gasteiger partial charge in [0.15, 0.2) is 5.82 Å². The molecule has 0 saturated carbocycles. The van der Waals surface area contributed by atoms with E-state index in [4.69, 9.17) is 4.98 Å². The van der Waals surface area contributed by atoms with Crippen molar-refractivity contribution < 1.29 is 0 Å². The molecular weight excluding hydrogens is 318 g/mol. The zero-order valence-corrected chi connectivity index (χ0v) is 15.3. The fraction of sp³-hybridized carbons (Fsp3) is 0.333. The van der Waals surface area contributed by atoms with Crippen molar-refractivity contribution in [3.05, 3.63) is 51.7 Å². The Kier molecular flexibility index (Phi) is 4.85. The van der Waals surface area contributed by atoms with Gasteiger partial charge in [0.25, 0.3) is 0 Å². The molecule has 0 spiro atoms. The van der Waals surface area contributed by atoms with Gasteiger partial charge in [0.05, 0.1) is 11.6 Å². The summed E-state index contributed by atoms with van der Waals surface area (Å²) in [6.07, 6.45) is 4.70. The molecule has 0 aliphatic carbocycles. The number of nitrogens with zero attached hydrogens (tertiary/aromatic N) is 5. The lowest BCUT2D eigenvalue weighted by atomic mass is 10.2. The van der Waals surface area contributed by atoms with Crippen molar-refractivity contribution in [2.75, 3.05) is 11.9 Å². The van der Waals surface area contributed by atoms with Crippen molar-refractivity contribution in [2.24, 2.45) is 0 Å². The van der Waals surface area contributed by atoms with E-state index < -0.39 is 0 Å². The van der Waals surface area contributed by atoms with E-state index in [2.05, 4.69) is 40.7 Å². The van der Waals surface area contributed by atoms with Gasteiger partial charge in [-0.2, -0.15) is 0 Å². The van der Waals surface area contributed by atoms with Crippen molar-refractivity contribution in [1.29, 1.82) is 0 Å². The zero-order valence-electron chi connectivity index (χ0n) is 14.4.